The number of nitriles is 1. The fraction of sp³-hybridized carbons (Fsp3) is 0.852. The molecule has 1 N–H and O–H groups in total. The van der Waals surface area contributed by atoms with Crippen molar-refractivity contribution in [2.24, 2.45) is 46.8 Å². The highest BCUT2D eigenvalue weighted by Crippen LogP contribution is 2.65. The molecule has 9 atom stereocenters. The van der Waals surface area contributed by atoms with Gasteiger partial charge in [-0.05, 0) is 105 Å². The number of aromatic nitrogens is 2. The second-order valence-electron chi connectivity index (χ2n) is 12.1. The van der Waals surface area contributed by atoms with Gasteiger partial charge in [-0.3, -0.25) is 4.68 Å². The lowest BCUT2D eigenvalue weighted by atomic mass is 9.48. The molecule has 176 valence electrons. The summed E-state index contributed by atoms with van der Waals surface area (Å²) in [6.07, 6.45) is 14.8. The summed E-state index contributed by atoms with van der Waals surface area (Å²) < 4.78 is 7.34. The van der Waals surface area contributed by atoms with Crippen LogP contribution in [0.25, 0.3) is 0 Å². The Bertz CT molecular complexity index is 861. The molecule has 0 spiro atoms. The summed E-state index contributed by atoms with van der Waals surface area (Å²) in [5, 5.41) is 24.5. The Morgan fingerprint density at radius 3 is 2.75 bits per heavy atom. The largest absolute Gasteiger partial charge is 0.387 e. The molecule has 0 saturated heterocycles. The maximum atomic E-state index is 11.0. The van der Waals surface area contributed by atoms with Crippen LogP contribution in [-0.4, -0.2) is 34.2 Å². The van der Waals surface area contributed by atoms with Gasteiger partial charge in [0.05, 0.1) is 24.0 Å². The maximum Gasteiger partial charge on any atom is 0.102 e. The van der Waals surface area contributed by atoms with Gasteiger partial charge in [0.15, 0.2) is 0 Å². The molecule has 4 saturated carbocycles. The van der Waals surface area contributed by atoms with Gasteiger partial charge in [-0.2, -0.15) is 10.4 Å². The van der Waals surface area contributed by atoms with Gasteiger partial charge in [0.1, 0.15) is 6.07 Å². The van der Waals surface area contributed by atoms with E-state index in [0.717, 1.165) is 49.0 Å². The second-order valence-corrected chi connectivity index (χ2v) is 12.1. The highest BCUT2D eigenvalue weighted by Gasteiger charge is 2.58. The van der Waals surface area contributed by atoms with E-state index < -0.39 is 5.60 Å². The van der Waals surface area contributed by atoms with Crippen LogP contribution in [0, 0.1) is 58.2 Å². The van der Waals surface area contributed by atoms with Crippen LogP contribution in [0.1, 0.15) is 77.2 Å². The zero-order valence-corrected chi connectivity index (χ0v) is 20.2. The zero-order valence-electron chi connectivity index (χ0n) is 20.2. The summed E-state index contributed by atoms with van der Waals surface area (Å²) in [4.78, 5) is 0. The fourth-order valence-corrected chi connectivity index (χ4v) is 9.28. The Kier molecular flexibility index (Phi) is 5.91. The summed E-state index contributed by atoms with van der Waals surface area (Å²) in [6, 6.07) is 2.20. The molecule has 1 heterocycles. The molecule has 0 unspecified atom stereocenters. The van der Waals surface area contributed by atoms with E-state index in [4.69, 9.17) is 10.00 Å². The molecule has 32 heavy (non-hydrogen) atoms. The first-order valence-electron chi connectivity index (χ1n) is 13.0. The Morgan fingerprint density at radius 2 is 2.00 bits per heavy atom. The van der Waals surface area contributed by atoms with Crippen LogP contribution in [0.3, 0.4) is 0 Å². The van der Waals surface area contributed by atoms with Crippen molar-refractivity contribution in [3.63, 3.8) is 0 Å². The molecule has 0 radical (unpaired) electrons. The number of ether oxygens (including phenoxy) is 1. The summed E-state index contributed by atoms with van der Waals surface area (Å²) in [7, 11) is 1.72. The number of rotatable bonds is 5. The van der Waals surface area contributed by atoms with Crippen LogP contribution in [0.5, 0.6) is 0 Å². The molecular formula is C27H41N3O2. The minimum absolute atomic E-state index is 0.448. The SMILES string of the molecule is COC[C@@]1(O)CC[C@H]2[C@H](CC[C@@H]3[C@@H]2CC[C@]2(C)[C@@H]([C@H](C)Cn4cc(C#N)cn4)CC[C@@H]32)C1. The minimum atomic E-state index is -0.586. The molecule has 5 nitrogen and oxygen atoms in total. The van der Waals surface area contributed by atoms with Crippen LogP contribution >= 0.6 is 0 Å². The average Bonchev–Trinajstić information content (AvgIpc) is 3.36. The van der Waals surface area contributed by atoms with Gasteiger partial charge in [-0.1, -0.05) is 13.8 Å². The summed E-state index contributed by atoms with van der Waals surface area (Å²) in [5.41, 5.74) is 0.525. The second kappa shape index (κ2) is 8.44. The Hall–Kier alpha value is -1.38. The topological polar surface area (TPSA) is 71.1 Å². The smallest absolute Gasteiger partial charge is 0.102 e. The minimum Gasteiger partial charge on any atom is -0.387 e. The monoisotopic (exact) mass is 439 g/mol. The Morgan fingerprint density at radius 1 is 1.19 bits per heavy atom. The molecule has 4 fully saturated rings. The van der Waals surface area contributed by atoms with E-state index in [1.54, 1.807) is 13.3 Å². The van der Waals surface area contributed by atoms with Crippen LogP contribution in [0.4, 0.5) is 0 Å². The van der Waals surface area contributed by atoms with E-state index in [-0.39, 0.29) is 0 Å². The lowest BCUT2D eigenvalue weighted by Crippen LogP contribution is -2.52. The Balaban J connectivity index is 1.27. The molecule has 0 aromatic carbocycles. The number of aliphatic hydroxyl groups is 1. The first-order valence-corrected chi connectivity index (χ1v) is 13.0. The number of hydrogen-bond donors (Lipinski definition) is 1. The van der Waals surface area contributed by atoms with Crippen molar-refractivity contribution in [1.29, 1.82) is 5.26 Å². The number of hydrogen-bond acceptors (Lipinski definition) is 4. The van der Waals surface area contributed by atoms with E-state index in [1.807, 2.05) is 10.9 Å². The molecule has 4 aliphatic rings. The third-order valence-corrected chi connectivity index (χ3v) is 10.5. The van der Waals surface area contributed by atoms with Crippen molar-refractivity contribution in [2.75, 3.05) is 13.7 Å². The predicted octanol–water partition coefficient (Wildman–Crippen LogP) is 5.04. The summed E-state index contributed by atoms with van der Waals surface area (Å²) in [6.45, 7) is 6.44. The molecule has 5 rings (SSSR count). The van der Waals surface area contributed by atoms with Crippen molar-refractivity contribution < 1.29 is 9.84 Å². The fourth-order valence-electron chi connectivity index (χ4n) is 9.28. The molecular weight excluding hydrogens is 398 g/mol. The first-order chi connectivity index (χ1) is 15.4. The van der Waals surface area contributed by atoms with Gasteiger partial charge in [-0.15, -0.1) is 0 Å². The van der Waals surface area contributed by atoms with Crippen molar-refractivity contribution in [1.82, 2.24) is 9.78 Å². The van der Waals surface area contributed by atoms with Crippen molar-refractivity contribution in [3.8, 4) is 6.07 Å². The third kappa shape index (κ3) is 3.72. The van der Waals surface area contributed by atoms with Gasteiger partial charge in [-0.25, -0.2) is 0 Å². The highest BCUT2D eigenvalue weighted by molar-refractivity contribution is 5.21. The normalized spacial score (nSPS) is 44.2. The van der Waals surface area contributed by atoms with Crippen molar-refractivity contribution >= 4 is 0 Å². The van der Waals surface area contributed by atoms with Crippen molar-refractivity contribution in [2.45, 2.75) is 83.8 Å². The van der Waals surface area contributed by atoms with Gasteiger partial charge >= 0.3 is 0 Å². The van der Waals surface area contributed by atoms with E-state index in [1.165, 1.54) is 44.9 Å². The lowest BCUT2D eigenvalue weighted by molar-refractivity contribution is -0.126. The molecule has 0 amide bonds. The molecule has 1 aromatic rings. The van der Waals surface area contributed by atoms with Gasteiger partial charge < -0.3 is 9.84 Å². The number of nitrogens with zero attached hydrogens (tertiary/aromatic N) is 3. The molecule has 0 bridgehead atoms. The van der Waals surface area contributed by atoms with Gasteiger partial charge in [0, 0.05) is 19.9 Å². The van der Waals surface area contributed by atoms with E-state index in [9.17, 15) is 5.11 Å². The highest BCUT2D eigenvalue weighted by atomic mass is 16.5. The van der Waals surface area contributed by atoms with Gasteiger partial charge in [0.2, 0.25) is 0 Å². The zero-order chi connectivity index (χ0) is 22.5. The molecule has 0 aliphatic heterocycles. The van der Waals surface area contributed by atoms with Crippen LogP contribution in [0.2, 0.25) is 0 Å². The first kappa shape index (κ1) is 22.4. The van der Waals surface area contributed by atoms with E-state index in [2.05, 4.69) is 25.0 Å². The maximum absolute atomic E-state index is 11.0. The third-order valence-electron chi connectivity index (χ3n) is 10.5. The van der Waals surface area contributed by atoms with E-state index >= 15 is 0 Å². The van der Waals surface area contributed by atoms with Gasteiger partial charge in [0.25, 0.3) is 0 Å². The lowest BCUT2D eigenvalue weighted by Gasteiger charge is -2.57. The predicted molar refractivity (Wildman–Crippen MR) is 124 cm³/mol. The standard InChI is InChI=1S/C27H41N3O2/c1-18(15-30-16-19(13-28)14-29-30)24-6-7-25-23-5-4-20-12-27(31,17-32-3)11-9-21(20)22(23)8-10-26(24,25)2/h14,16,18,20-25,31H,4-12,15,17H2,1-3H3/t18-,20-,21+,22-,23-,24-,25+,26-,27-/m1/s1. The number of methoxy groups -OCH3 is 1. The summed E-state index contributed by atoms with van der Waals surface area (Å²) in [5.74, 6) is 5.47. The molecule has 5 heteroatoms. The summed E-state index contributed by atoms with van der Waals surface area (Å²) >= 11 is 0. The quantitative estimate of drug-likeness (QED) is 0.698. The average molecular weight is 440 g/mol. The number of fused-ring (bicyclic) bond motifs is 5. The van der Waals surface area contributed by atoms with Crippen LogP contribution in [-0.2, 0) is 11.3 Å². The van der Waals surface area contributed by atoms with Crippen molar-refractivity contribution in [3.05, 3.63) is 18.0 Å². The Labute approximate surface area is 193 Å². The molecule has 4 aliphatic carbocycles. The molecule has 1 aromatic heterocycles. The van der Waals surface area contributed by atoms with Crippen LogP contribution in [0.15, 0.2) is 12.4 Å². The van der Waals surface area contributed by atoms with Crippen LogP contribution < -0.4 is 0 Å². The van der Waals surface area contributed by atoms with E-state index in [0.29, 0.717) is 29.4 Å².